The molecule has 178 valence electrons. The summed E-state index contributed by atoms with van der Waals surface area (Å²) < 4.78 is 16.1. The molecule has 1 N–H and O–H groups in total. The first-order valence-electron chi connectivity index (χ1n) is 10.4. The maximum Gasteiger partial charge on any atom is 0.408 e. The summed E-state index contributed by atoms with van der Waals surface area (Å²) in [6.45, 7) is 10.8. The summed E-state index contributed by atoms with van der Waals surface area (Å²) in [5, 5.41) is 3.13. The Hall–Kier alpha value is -2.55. The number of esters is 1. The molecule has 9 nitrogen and oxygen atoms in total. The molecule has 1 saturated heterocycles. The van der Waals surface area contributed by atoms with Crippen molar-refractivity contribution in [3.05, 3.63) is 23.4 Å². The second-order valence-electron chi connectivity index (χ2n) is 9.77. The lowest BCUT2D eigenvalue weighted by Gasteiger charge is -2.35. The molecule has 1 aromatic rings. The summed E-state index contributed by atoms with van der Waals surface area (Å²) in [4.78, 5) is 43.9. The van der Waals surface area contributed by atoms with Gasteiger partial charge in [0.05, 0.1) is 18.7 Å². The number of carbonyl (C=O) groups is 3. The van der Waals surface area contributed by atoms with Crippen LogP contribution in [0.2, 0.25) is 5.02 Å². The molecule has 2 heterocycles. The number of hydrogen-bond donors (Lipinski definition) is 1. The van der Waals surface area contributed by atoms with Crippen molar-refractivity contribution < 1.29 is 28.6 Å². The van der Waals surface area contributed by atoms with E-state index >= 15 is 0 Å². The fraction of sp³-hybridized carbons (Fsp3) is 0.636. The third-order valence-corrected chi connectivity index (χ3v) is 5.00. The number of halogens is 1. The Morgan fingerprint density at radius 1 is 1.19 bits per heavy atom. The van der Waals surface area contributed by atoms with E-state index in [2.05, 4.69) is 10.3 Å². The van der Waals surface area contributed by atoms with Crippen LogP contribution < -0.4 is 10.1 Å². The van der Waals surface area contributed by atoms with Crippen LogP contribution in [0.15, 0.2) is 18.3 Å². The van der Waals surface area contributed by atoms with E-state index in [0.717, 1.165) is 0 Å². The quantitative estimate of drug-likeness (QED) is 0.660. The molecule has 0 aliphatic carbocycles. The van der Waals surface area contributed by atoms with E-state index in [1.807, 2.05) is 20.8 Å². The Morgan fingerprint density at radius 3 is 2.34 bits per heavy atom. The molecule has 1 aliphatic rings. The van der Waals surface area contributed by atoms with E-state index in [1.54, 1.807) is 32.9 Å². The standard InChI is InChI=1S/C22H32ClN3O6/c1-21(2,3)17(25-20(29)32-22(4,5)6)18(27)26-12-14(10-15(26)19(28)30-7)31-16-9-8-13(23)11-24-16/h8-9,11,14-15,17H,10,12H2,1-7H3,(H,25,29)/t14-,15+,17-/m1/s1. The zero-order chi connectivity index (χ0) is 24.3. The van der Waals surface area contributed by atoms with Gasteiger partial charge < -0.3 is 24.4 Å². The number of nitrogens with one attached hydrogen (secondary N) is 1. The van der Waals surface area contributed by atoms with Crippen LogP contribution in [0.1, 0.15) is 48.0 Å². The van der Waals surface area contributed by atoms with Crippen LogP contribution in [-0.4, -0.2) is 65.3 Å². The van der Waals surface area contributed by atoms with Crippen LogP contribution in [0, 0.1) is 5.41 Å². The monoisotopic (exact) mass is 469 g/mol. The van der Waals surface area contributed by atoms with Crippen LogP contribution in [0.5, 0.6) is 5.88 Å². The maximum absolute atomic E-state index is 13.5. The van der Waals surface area contributed by atoms with Crippen molar-refractivity contribution in [2.45, 2.75) is 71.8 Å². The van der Waals surface area contributed by atoms with Gasteiger partial charge in [0.15, 0.2) is 0 Å². The lowest BCUT2D eigenvalue weighted by Crippen LogP contribution is -2.57. The number of pyridine rings is 1. The van der Waals surface area contributed by atoms with Gasteiger partial charge in [0.2, 0.25) is 11.8 Å². The largest absolute Gasteiger partial charge is 0.472 e. The minimum atomic E-state index is -0.933. The highest BCUT2D eigenvalue weighted by atomic mass is 35.5. The zero-order valence-corrected chi connectivity index (χ0v) is 20.4. The molecule has 3 atom stereocenters. The minimum Gasteiger partial charge on any atom is -0.472 e. The van der Waals surface area contributed by atoms with Crippen LogP contribution in [0.4, 0.5) is 4.79 Å². The molecule has 0 unspecified atom stereocenters. The molecule has 1 fully saturated rings. The number of methoxy groups -OCH3 is 1. The van der Waals surface area contributed by atoms with Gasteiger partial charge in [-0.1, -0.05) is 32.4 Å². The van der Waals surface area contributed by atoms with Crippen LogP contribution in [0.3, 0.4) is 0 Å². The highest BCUT2D eigenvalue weighted by Crippen LogP contribution is 2.28. The molecule has 32 heavy (non-hydrogen) atoms. The minimum absolute atomic E-state index is 0.130. The number of likely N-dealkylation sites (tertiary alicyclic amines) is 1. The Morgan fingerprint density at radius 2 is 1.84 bits per heavy atom. The molecule has 0 spiro atoms. The Balaban J connectivity index is 2.23. The van der Waals surface area contributed by atoms with Crippen molar-refractivity contribution in [1.82, 2.24) is 15.2 Å². The topological polar surface area (TPSA) is 107 Å². The molecule has 0 bridgehead atoms. The summed E-state index contributed by atoms with van der Waals surface area (Å²) in [6, 6.07) is 1.47. The average Bonchev–Trinajstić information content (AvgIpc) is 3.08. The highest BCUT2D eigenvalue weighted by Gasteiger charge is 2.46. The smallest absolute Gasteiger partial charge is 0.408 e. The Bertz CT molecular complexity index is 832. The number of hydrogen-bond acceptors (Lipinski definition) is 7. The van der Waals surface area contributed by atoms with E-state index in [4.69, 9.17) is 25.8 Å². The summed E-state index contributed by atoms with van der Waals surface area (Å²) in [5.41, 5.74) is -1.37. The van der Waals surface area contributed by atoms with Gasteiger partial charge in [-0.05, 0) is 32.3 Å². The van der Waals surface area contributed by atoms with Gasteiger partial charge in [-0.3, -0.25) is 4.79 Å². The number of alkyl carbamates (subject to hydrolysis) is 1. The molecule has 2 rings (SSSR count). The summed E-state index contributed by atoms with van der Waals surface area (Å²) in [6.07, 6.45) is 0.482. The summed E-state index contributed by atoms with van der Waals surface area (Å²) >= 11 is 5.86. The molecule has 0 radical (unpaired) electrons. The Kier molecular flexibility index (Phi) is 7.98. The van der Waals surface area contributed by atoms with Crippen molar-refractivity contribution in [2.24, 2.45) is 5.41 Å². The first-order valence-corrected chi connectivity index (χ1v) is 10.7. The second kappa shape index (κ2) is 9.94. The van der Waals surface area contributed by atoms with Crippen LogP contribution in [-0.2, 0) is 19.1 Å². The van der Waals surface area contributed by atoms with E-state index < -0.39 is 47.2 Å². The SMILES string of the molecule is COC(=O)[C@@H]1C[C@@H](Oc2ccc(Cl)cn2)CN1C(=O)[C@@H](NC(=O)OC(C)(C)C)C(C)(C)C. The first-order chi connectivity index (χ1) is 14.7. The highest BCUT2D eigenvalue weighted by molar-refractivity contribution is 6.30. The summed E-state index contributed by atoms with van der Waals surface area (Å²) in [5.74, 6) is -0.649. The summed E-state index contributed by atoms with van der Waals surface area (Å²) in [7, 11) is 1.26. The van der Waals surface area contributed by atoms with Crippen molar-refractivity contribution in [3.63, 3.8) is 0 Å². The molecular formula is C22H32ClN3O6. The first kappa shape index (κ1) is 25.7. The molecule has 2 amide bonds. The molecular weight excluding hydrogens is 438 g/mol. The Labute approximate surface area is 193 Å². The second-order valence-corrected chi connectivity index (χ2v) is 10.2. The number of amides is 2. The van der Waals surface area contributed by atoms with Crippen molar-refractivity contribution in [1.29, 1.82) is 0 Å². The van der Waals surface area contributed by atoms with Crippen molar-refractivity contribution in [3.8, 4) is 5.88 Å². The molecule has 10 heteroatoms. The van der Waals surface area contributed by atoms with Gasteiger partial charge in [-0.25, -0.2) is 14.6 Å². The molecule has 0 saturated carbocycles. The third kappa shape index (κ3) is 6.98. The molecule has 0 aromatic carbocycles. The number of rotatable bonds is 5. The molecule has 1 aliphatic heterocycles. The fourth-order valence-electron chi connectivity index (χ4n) is 3.33. The van der Waals surface area contributed by atoms with Gasteiger partial charge in [0, 0.05) is 18.7 Å². The van der Waals surface area contributed by atoms with Crippen LogP contribution >= 0.6 is 11.6 Å². The van der Waals surface area contributed by atoms with Crippen molar-refractivity contribution in [2.75, 3.05) is 13.7 Å². The predicted molar refractivity (Wildman–Crippen MR) is 118 cm³/mol. The van der Waals surface area contributed by atoms with Crippen molar-refractivity contribution >= 4 is 29.6 Å². The lowest BCUT2D eigenvalue weighted by atomic mass is 9.85. The van der Waals surface area contributed by atoms with E-state index in [0.29, 0.717) is 10.9 Å². The number of ether oxygens (including phenoxy) is 3. The fourth-order valence-corrected chi connectivity index (χ4v) is 3.44. The number of aromatic nitrogens is 1. The van der Waals surface area contributed by atoms with Gasteiger partial charge in [-0.2, -0.15) is 0 Å². The number of carbonyl (C=O) groups excluding carboxylic acids is 3. The van der Waals surface area contributed by atoms with E-state index in [-0.39, 0.29) is 13.0 Å². The average molecular weight is 470 g/mol. The van der Waals surface area contributed by atoms with E-state index in [9.17, 15) is 14.4 Å². The lowest BCUT2D eigenvalue weighted by molar-refractivity contribution is -0.152. The van der Waals surface area contributed by atoms with Gasteiger partial charge >= 0.3 is 12.1 Å². The van der Waals surface area contributed by atoms with Gasteiger partial charge in [0.25, 0.3) is 0 Å². The third-order valence-electron chi connectivity index (χ3n) is 4.78. The maximum atomic E-state index is 13.5. The van der Waals surface area contributed by atoms with Gasteiger partial charge in [0.1, 0.15) is 23.8 Å². The van der Waals surface area contributed by atoms with Crippen LogP contribution in [0.25, 0.3) is 0 Å². The zero-order valence-electron chi connectivity index (χ0n) is 19.6. The van der Waals surface area contributed by atoms with Gasteiger partial charge in [-0.15, -0.1) is 0 Å². The normalized spacial score (nSPS) is 19.8. The predicted octanol–water partition coefficient (Wildman–Crippen LogP) is 3.20. The molecule has 1 aromatic heterocycles. The van der Waals surface area contributed by atoms with E-state index in [1.165, 1.54) is 18.2 Å². The number of nitrogens with zero attached hydrogens (tertiary/aromatic N) is 2.